The molecule has 5 rings (SSSR count). The average Bonchev–Trinajstić information content (AvgIpc) is 3.47. The lowest BCUT2D eigenvalue weighted by Crippen LogP contribution is -2.38. The van der Waals surface area contributed by atoms with Gasteiger partial charge in [0.15, 0.2) is 5.65 Å². The lowest BCUT2D eigenvalue weighted by Gasteiger charge is -2.32. The first-order valence-electron chi connectivity index (χ1n) is 12.8. The van der Waals surface area contributed by atoms with E-state index in [0.717, 1.165) is 81.4 Å². The average molecular weight is 467 g/mol. The SMILES string of the molecule is CCCCNc1ncc2c(n1)n(C1CCN(Cc3ccc(F)cc3)CC1)c(=O)n2C1CCCC1. The van der Waals surface area contributed by atoms with Crippen molar-refractivity contribution in [3.8, 4) is 0 Å². The molecule has 2 aromatic heterocycles. The monoisotopic (exact) mass is 466 g/mol. The van der Waals surface area contributed by atoms with Crippen LogP contribution in [0.1, 0.15) is 75.9 Å². The number of benzene rings is 1. The Balaban J connectivity index is 1.40. The normalized spacial score (nSPS) is 18.2. The molecule has 1 aromatic carbocycles. The fourth-order valence-electron chi connectivity index (χ4n) is 5.51. The van der Waals surface area contributed by atoms with Gasteiger partial charge in [0, 0.05) is 38.3 Å². The Hall–Kier alpha value is -2.74. The van der Waals surface area contributed by atoms with Crippen LogP contribution in [-0.4, -0.2) is 43.6 Å². The summed E-state index contributed by atoms with van der Waals surface area (Å²) in [6.45, 7) is 5.60. The molecule has 0 amide bonds. The van der Waals surface area contributed by atoms with Crippen LogP contribution in [0.5, 0.6) is 0 Å². The highest BCUT2D eigenvalue weighted by Gasteiger charge is 2.29. The fraction of sp³-hybridized carbons (Fsp3) is 0.577. The van der Waals surface area contributed by atoms with Crippen LogP contribution in [0.2, 0.25) is 0 Å². The van der Waals surface area contributed by atoms with Crippen LogP contribution in [0.3, 0.4) is 0 Å². The van der Waals surface area contributed by atoms with Crippen LogP contribution in [-0.2, 0) is 6.54 Å². The van der Waals surface area contributed by atoms with E-state index >= 15 is 0 Å². The molecular weight excluding hydrogens is 431 g/mol. The summed E-state index contributed by atoms with van der Waals surface area (Å²) >= 11 is 0. The number of hydrogen-bond donors (Lipinski definition) is 1. The zero-order valence-corrected chi connectivity index (χ0v) is 20.0. The predicted octanol–water partition coefficient (Wildman–Crippen LogP) is 4.90. The number of nitrogens with one attached hydrogen (secondary N) is 1. The van der Waals surface area contributed by atoms with Gasteiger partial charge in [0.05, 0.1) is 6.20 Å². The Morgan fingerprint density at radius 2 is 1.74 bits per heavy atom. The number of likely N-dealkylation sites (tertiary alicyclic amines) is 1. The minimum absolute atomic E-state index is 0.0684. The smallest absolute Gasteiger partial charge is 0.330 e. The molecule has 0 atom stereocenters. The van der Waals surface area contributed by atoms with Crippen molar-refractivity contribution in [3.05, 3.63) is 52.3 Å². The predicted molar refractivity (Wildman–Crippen MR) is 133 cm³/mol. The van der Waals surface area contributed by atoms with Crippen molar-refractivity contribution in [1.29, 1.82) is 0 Å². The molecular formula is C26H35FN6O. The van der Waals surface area contributed by atoms with Gasteiger partial charge < -0.3 is 5.32 Å². The molecule has 1 aliphatic heterocycles. The van der Waals surface area contributed by atoms with Gasteiger partial charge in [-0.25, -0.2) is 14.2 Å². The zero-order valence-electron chi connectivity index (χ0n) is 20.0. The molecule has 3 heterocycles. The summed E-state index contributed by atoms with van der Waals surface area (Å²) in [6, 6.07) is 7.12. The second-order valence-corrected chi connectivity index (χ2v) is 9.78. The van der Waals surface area contributed by atoms with Crippen LogP contribution in [0.4, 0.5) is 10.3 Å². The molecule has 0 spiro atoms. The van der Waals surface area contributed by atoms with E-state index in [9.17, 15) is 9.18 Å². The summed E-state index contributed by atoms with van der Waals surface area (Å²) in [6.07, 6.45) is 10.2. The Morgan fingerprint density at radius 3 is 2.44 bits per heavy atom. The summed E-state index contributed by atoms with van der Waals surface area (Å²) in [5, 5.41) is 3.32. The molecule has 7 nitrogen and oxygen atoms in total. The van der Waals surface area contributed by atoms with E-state index in [1.165, 1.54) is 25.0 Å². The van der Waals surface area contributed by atoms with Gasteiger partial charge in [-0.15, -0.1) is 0 Å². The van der Waals surface area contributed by atoms with Gasteiger partial charge >= 0.3 is 5.69 Å². The molecule has 1 saturated heterocycles. The van der Waals surface area contributed by atoms with Crippen LogP contribution >= 0.6 is 0 Å². The van der Waals surface area contributed by atoms with E-state index in [1.54, 1.807) is 0 Å². The number of aromatic nitrogens is 4. The number of unbranched alkanes of at least 4 members (excludes halogenated alkanes) is 1. The van der Waals surface area contributed by atoms with Crippen molar-refractivity contribution in [2.24, 2.45) is 0 Å². The Kier molecular flexibility index (Phi) is 6.94. The number of imidazole rings is 1. The topological polar surface area (TPSA) is 68.0 Å². The minimum atomic E-state index is -0.203. The highest BCUT2D eigenvalue weighted by molar-refractivity contribution is 5.72. The highest BCUT2D eigenvalue weighted by Crippen LogP contribution is 2.33. The lowest BCUT2D eigenvalue weighted by molar-refractivity contribution is 0.179. The molecule has 1 aliphatic carbocycles. The van der Waals surface area contributed by atoms with Crippen molar-refractivity contribution in [1.82, 2.24) is 24.0 Å². The molecule has 34 heavy (non-hydrogen) atoms. The van der Waals surface area contributed by atoms with E-state index in [4.69, 9.17) is 4.98 Å². The highest BCUT2D eigenvalue weighted by atomic mass is 19.1. The molecule has 3 aromatic rings. The third-order valence-corrected chi connectivity index (χ3v) is 7.39. The van der Waals surface area contributed by atoms with Gasteiger partial charge in [0.1, 0.15) is 11.3 Å². The molecule has 0 unspecified atom stereocenters. The number of nitrogens with zero attached hydrogens (tertiary/aromatic N) is 5. The molecule has 2 aliphatic rings. The first kappa shape index (κ1) is 23.0. The maximum absolute atomic E-state index is 13.7. The van der Waals surface area contributed by atoms with Crippen LogP contribution in [0, 0.1) is 5.82 Å². The van der Waals surface area contributed by atoms with Crippen molar-refractivity contribution in [2.75, 3.05) is 25.0 Å². The quantitative estimate of drug-likeness (QED) is 0.479. The van der Waals surface area contributed by atoms with Crippen molar-refractivity contribution in [2.45, 2.75) is 76.9 Å². The molecule has 1 N–H and O–H groups in total. The summed E-state index contributed by atoms with van der Waals surface area (Å²) in [5.74, 6) is 0.401. The summed E-state index contributed by atoms with van der Waals surface area (Å²) < 4.78 is 17.2. The number of anilines is 1. The van der Waals surface area contributed by atoms with E-state index in [0.29, 0.717) is 5.95 Å². The first-order valence-corrected chi connectivity index (χ1v) is 12.8. The standard InChI is InChI=1S/C26H35FN6O/c1-2-3-14-28-25-29-17-23-24(30-25)33(26(34)32(23)21-6-4-5-7-21)22-12-15-31(16-13-22)18-19-8-10-20(27)11-9-19/h8-11,17,21-22H,2-7,12-16,18H2,1H3,(H,28,29,30). The Bertz CT molecular complexity index is 1160. The molecule has 2 fully saturated rings. The molecule has 8 heteroatoms. The molecule has 182 valence electrons. The number of piperidine rings is 1. The van der Waals surface area contributed by atoms with E-state index in [1.807, 2.05) is 27.5 Å². The van der Waals surface area contributed by atoms with Crippen LogP contribution in [0.25, 0.3) is 11.2 Å². The second kappa shape index (κ2) is 10.3. The zero-order chi connectivity index (χ0) is 23.5. The van der Waals surface area contributed by atoms with Gasteiger partial charge in [0.2, 0.25) is 5.95 Å². The molecule has 1 saturated carbocycles. The number of fused-ring (bicyclic) bond motifs is 1. The maximum Gasteiger partial charge on any atom is 0.330 e. The summed E-state index contributed by atoms with van der Waals surface area (Å²) in [7, 11) is 0. The summed E-state index contributed by atoms with van der Waals surface area (Å²) in [5.41, 5.74) is 2.82. The maximum atomic E-state index is 13.7. The van der Waals surface area contributed by atoms with E-state index in [-0.39, 0.29) is 23.6 Å². The Labute approximate surface area is 200 Å². The first-order chi connectivity index (χ1) is 16.6. The second-order valence-electron chi connectivity index (χ2n) is 9.78. The lowest BCUT2D eigenvalue weighted by atomic mass is 10.0. The van der Waals surface area contributed by atoms with Crippen LogP contribution in [0.15, 0.2) is 35.3 Å². The number of hydrogen-bond acceptors (Lipinski definition) is 5. The van der Waals surface area contributed by atoms with Crippen LogP contribution < -0.4 is 11.0 Å². The van der Waals surface area contributed by atoms with Gasteiger partial charge in [0.25, 0.3) is 0 Å². The number of halogens is 1. The van der Waals surface area contributed by atoms with Crippen molar-refractivity contribution >= 4 is 17.1 Å². The largest absolute Gasteiger partial charge is 0.354 e. The minimum Gasteiger partial charge on any atom is -0.354 e. The van der Waals surface area contributed by atoms with Gasteiger partial charge in [-0.05, 0) is 49.8 Å². The van der Waals surface area contributed by atoms with E-state index in [2.05, 4.69) is 22.1 Å². The van der Waals surface area contributed by atoms with Crippen molar-refractivity contribution in [3.63, 3.8) is 0 Å². The van der Waals surface area contributed by atoms with Gasteiger partial charge in [-0.2, -0.15) is 4.98 Å². The summed E-state index contributed by atoms with van der Waals surface area (Å²) in [4.78, 5) is 25.5. The van der Waals surface area contributed by atoms with Gasteiger partial charge in [-0.1, -0.05) is 38.3 Å². The van der Waals surface area contributed by atoms with E-state index < -0.39 is 0 Å². The van der Waals surface area contributed by atoms with Crippen molar-refractivity contribution < 1.29 is 4.39 Å². The third kappa shape index (κ3) is 4.73. The molecule has 0 radical (unpaired) electrons. The molecule has 0 bridgehead atoms. The van der Waals surface area contributed by atoms with Gasteiger partial charge in [-0.3, -0.25) is 14.0 Å². The Morgan fingerprint density at radius 1 is 1.03 bits per heavy atom. The fourth-order valence-corrected chi connectivity index (χ4v) is 5.51. The third-order valence-electron chi connectivity index (χ3n) is 7.39. The number of rotatable bonds is 8.